The largest absolute Gasteiger partial charge is 0.387 e. The number of aliphatic hydroxyl groups excluding tert-OH is 1. The Morgan fingerprint density at radius 1 is 1.27 bits per heavy atom. The standard InChI is InChI=1S/C12H18BrNO/c1-12(2,3)14-8-11(15)9-4-6-10(13)7-5-9/h4-7,11,14-15H,8H2,1-3H3. The molecule has 0 bridgehead atoms. The normalized spacial score (nSPS) is 13.9. The minimum absolute atomic E-state index is 0.0380. The SMILES string of the molecule is CC(C)(C)NCC(O)c1ccc(Br)cc1. The summed E-state index contributed by atoms with van der Waals surface area (Å²) in [5.74, 6) is 0. The van der Waals surface area contributed by atoms with Gasteiger partial charge in [0, 0.05) is 16.6 Å². The summed E-state index contributed by atoms with van der Waals surface area (Å²) in [7, 11) is 0. The number of hydrogen-bond acceptors (Lipinski definition) is 2. The molecule has 0 spiro atoms. The first kappa shape index (κ1) is 12.7. The molecule has 1 rings (SSSR count). The van der Waals surface area contributed by atoms with Crippen LogP contribution in [0, 0.1) is 0 Å². The molecule has 0 heterocycles. The molecule has 15 heavy (non-hydrogen) atoms. The number of halogens is 1. The molecule has 0 aliphatic carbocycles. The molecule has 2 N–H and O–H groups in total. The molecule has 0 amide bonds. The smallest absolute Gasteiger partial charge is 0.0914 e. The van der Waals surface area contributed by atoms with Crippen molar-refractivity contribution in [3.05, 3.63) is 34.3 Å². The predicted octanol–water partition coefficient (Wildman–Crippen LogP) is 2.87. The zero-order valence-corrected chi connectivity index (χ0v) is 11.0. The Kier molecular flexibility index (Phi) is 4.32. The van der Waals surface area contributed by atoms with E-state index >= 15 is 0 Å². The topological polar surface area (TPSA) is 32.3 Å². The Morgan fingerprint density at radius 3 is 2.27 bits per heavy atom. The lowest BCUT2D eigenvalue weighted by molar-refractivity contribution is 0.163. The van der Waals surface area contributed by atoms with E-state index in [1.165, 1.54) is 0 Å². The van der Waals surface area contributed by atoms with E-state index in [1.54, 1.807) is 0 Å². The fourth-order valence-electron chi connectivity index (χ4n) is 1.21. The Hall–Kier alpha value is -0.380. The molecule has 0 radical (unpaired) electrons. The van der Waals surface area contributed by atoms with E-state index in [0.717, 1.165) is 10.0 Å². The van der Waals surface area contributed by atoms with E-state index in [9.17, 15) is 5.11 Å². The molecule has 1 unspecified atom stereocenters. The van der Waals surface area contributed by atoms with Gasteiger partial charge in [0.15, 0.2) is 0 Å². The first-order valence-electron chi connectivity index (χ1n) is 5.07. The van der Waals surface area contributed by atoms with Crippen LogP contribution >= 0.6 is 15.9 Å². The van der Waals surface area contributed by atoms with Crippen LogP contribution in [0.15, 0.2) is 28.7 Å². The van der Waals surface area contributed by atoms with Crippen LogP contribution in [-0.4, -0.2) is 17.2 Å². The number of hydrogen-bond donors (Lipinski definition) is 2. The maximum atomic E-state index is 9.90. The van der Waals surface area contributed by atoms with E-state index in [-0.39, 0.29) is 5.54 Å². The van der Waals surface area contributed by atoms with E-state index in [1.807, 2.05) is 24.3 Å². The average Bonchev–Trinajstić information content (AvgIpc) is 2.14. The number of aliphatic hydroxyl groups is 1. The summed E-state index contributed by atoms with van der Waals surface area (Å²) in [6, 6.07) is 7.74. The van der Waals surface area contributed by atoms with Crippen molar-refractivity contribution in [3.8, 4) is 0 Å². The second-order valence-electron chi connectivity index (χ2n) is 4.70. The molecule has 0 aromatic heterocycles. The van der Waals surface area contributed by atoms with Crippen molar-refractivity contribution >= 4 is 15.9 Å². The van der Waals surface area contributed by atoms with Crippen molar-refractivity contribution < 1.29 is 5.11 Å². The van der Waals surface area contributed by atoms with Gasteiger partial charge in [-0.2, -0.15) is 0 Å². The van der Waals surface area contributed by atoms with Crippen LogP contribution in [0.4, 0.5) is 0 Å². The molecule has 0 saturated heterocycles. The summed E-state index contributed by atoms with van der Waals surface area (Å²) in [5.41, 5.74) is 0.978. The highest BCUT2D eigenvalue weighted by atomic mass is 79.9. The van der Waals surface area contributed by atoms with Crippen molar-refractivity contribution in [2.24, 2.45) is 0 Å². The number of benzene rings is 1. The van der Waals surface area contributed by atoms with Crippen molar-refractivity contribution in [2.75, 3.05) is 6.54 Å². The summed E-state index contributed by atoms with van der Waals surface area (Å²) in [5, 5.41) is 13.2. The minimum Gasteiger partial charge on any atom is -0.387 e. The zero-order valence-electron chi connectivity index (χ0n) is 9.42. The quantitative estimate of drug-likeness (QED) is 0.886. The van der Waals surface area contributed by atoms with Crippen LogP contribution in [-0.2, 0) is 0 Å². The van der Waals surface area contributed by atoms with Gasteiger partial charge in [0.05, 0.1) is 6.10 Å². The lowest BCUT2D eigenvalue weighted by Crippen LogP contribution is -2.38. The fraction of sp³-hybridized carbons (Fsp3) is 0.500. The summed E-state index contributed by atoms with van der Waals surface area (Å²) in [6.07, 6.45) is -0.447. The third-order valence-corrected chi connectivity index (χ3v) is 2.61. The van der Waals surface area contributed by atoms with Gasteiger partial charge >= 0.3 is 0 Å². The molecule has 1 aromatic carbocycles. The Bertz CT molecular complexity index is 302. The molecule has 0 aliphatic heterocycles. The lowest BCUT2D eigenvalue weighted by atomic mass is 10.1. The molecule has 3 heteroatoms. The first-order valence-corrected chi connectivity index (χ1v) is 5.86. The molecule has 0 fully saturated rings. The van der Waals surface area contributed by atoms with Gasteiger partial charge in [-0.1, -0.05) is 28.1 Å². The van der Waals surface area contributed by atoms with Crippen molar-refractivity contribution in [1.82, 2.24) is 5.32 Å². The van der Waals surface area contributed by atoms with E-state index in [0.29, 0.717) is 6.54 Å². The third kappa shape index (κ3) is 4.78. The zero-order chi connectivity index (χ0) is 11.5. The van der Waals surface area contributed by atoms with Gasteiger partial charge < -0.3 is 10.4 Å². The van der Waals surface area contributed by atoms with Crippen LogP contribution in [0.25, 0.3) is 0 Å². The van der Waals surface area contributed by atoms with Gasteiger partial charge in [0.25, 0.3) is 0 Å². The molecular weight excluding hydrogens is 254 g/mol. The van der Waals surface area contributed by atoms with Crippen LogP contribution in [0.3, 0.4) is 0 Å². The second-order valence-corrected chi connectivity index (χ2v) is 5.61. The Morgan fingerprint density at radius 2 is 1.80 bits per heavy atom. The van der Waals surface area contributed by atoms with Gasteiger partial charge in [-0.25, -0.2) is 0 Å². The van der Waals surface area contributed by atoms with Gasteiger partial charge in [-0.05, 0) is 38.5 Å². The summed E-state index contributed by atoms with van der Waals surface area (Å²) < 4.78 is 1.03. The highest BCUT2D eigenvalue weighted by molar-refractivity contribution is 9.10. The number of β-amino-alcohol motifs (C(OH)–C–C–N with tert-alkyl or cyclic N) is 1. The monoisotopic (exact) mass is 271 g/mol. The summed E-state index contributed by atoms with van der Waals surface area (Å²) >= 11 is 3.37. The van der Waals surface area contributed by atoms with Crippen molar-refractivity contribution in [1.29, 1.82) is 0 Å². The first-order chi connectivity index (χ1) is 6.88. The highest BCUT2D eigenvalue weighted by Gasteiger charge is 2.13. The average molecular weight is 272 g/mol. The van der Waals surface area contributed by atoms with Crippen molar-refractivity contribution in [3.63, 3.8) is 0 Å². The minimum atomic E-state index is -0.447. The predicted molar refractivity (Wildman–Crippen MR) is 66.9 cm³/mol. The van der Waals surface area contributed by atoms with Gasteiger partial charge in [-0.3, -0.25) is 0 Å². The third-order valence-electron chi connectivity index (χ3n) is 2.08. The van der Waals surface area contributed by atoms with Gasteiger partial charge in [0.1, 0.15) is 0 Å². The maximum absolute atomic E-state index is 9.90. The Labute approximate surface area is 99.8 Å². The molecule has 84 valence electrons. The molecule has 0 saturated carbocycles. The lowest BCUT2D eigenvalue weighted by Gasteiger charge is -2.23. The highest BCUT2D eigenvalue weighted by Crippen LogP contribution is 2.16. The molecule has 2 nitrogen and oxygen atoms in total. The van der Waals surface area contributed by atoms with Crippen LogP contribution in [0.5, 0.6) is 0 Å². The Balaban J connectivity index is 2.54. The van der Waals surface area contributed by atoms with Crippen LogP contribution in [0.2, 0.25) is 0 Å². The molecule has 0 aliphatic rings. The number of nitrogens with one attached hydrogen (secondary N) is 1. The van der Waals surface area contributed by atoms with E-state index in [2.05, 4.69) is 42.0 Å². The molecule has 1 atom stereocenters. The molecular formula is C12H18BrNO. The van der Waals surface area contributed by atoms with E-state index < -0.39 is 6.10 Å². The van der Waals surface area contributed by atoms with E-state index in [4.69, 9.17) is 0 Å². The summed E-state index contributed by atoms with van der Waals surface area (Å²) in [6.45, 7) is 6.83. The second kappa shape index (κ2) is 5.10. The number of rotatable bonds is 3. The van der Waals surface area contributed by atoms with Crippen molar-refractivity contribution in [2.45, 2.75) is 32.4 Å². The van der Waals surface area contributed by atoms with Crippen LogP contribution in [0.1, 0.15) is 32.4 Å². The summed E-state index contributed by atoms with van der Waals surface area (Å²) in [4.78, 5) is 0. The maximum Gasteiger partial charge on any atom is 0.0914 e. The van der Waals surface area contributed by atoms with Gasteiger partial charge in [0.2, 0.25) is 0 Å². The van der Waals surface area contributed by atoms with Crippen LogP contribution < -0.4 is 5.32 Å². The van der Waals surface area contributed by atoms with Gasteiger partial charge in [-0.15, -0.1) is 0 Å². The fourth-order valence-corrected chi connectivity index (χ4v) is 1.47. The molecule has 1 aromatic rings.